The standard InChI is InChI=1S/C20H25N5O3/c1-14-10-18(23-25(14)9-5-8-21)22-19(26)24-12-15-6-7-16(27-4)11-17(15)28-20(2,3)13-24/h6-7,10-11H,5,9,12-13H2,1-4H3,(H,22,23,26). The van der Waals surface area contributed by atoms with Crippen LogP contribution in [0.3, 0.4) is 0 Å². The number of anilines is 1. The molecule has 0 radical (unpaired) electrons. The summed E-state index contributed by atoms with van der Waals surface area (Å²) in [6.45, 7) is 7.13. The molecule has 28 heavy (non-hydrogen) atoms. The summed E-state index contributed by atoms with van der Waals surface area (Å²) in [6, 6.07) is 9.27. The van der Waals surface area contributed by atoms with E-state index in [2.05, 4.69) is 16.5 Å². The van der Waals surface area contributed by atoms with Crippen LogP contribution in [0.5, 0.6) is 11.5 Å². The minimum atomic E-state index is -0.559. The largest absolute Gasteiger partial charge is 0.497 e. The molecule has 148 valence electrons. The second-order valence-corrected chi connectivity index (χ2v) is 7.42. The van der Waals surface area contributed by atoms with Crippen molar-refractivity contribution in [1.82, 2.24) is 14.7 Å². The van der Waals surface area contributed by atoms with Crippen LogP contribution in [0.1, 0.15) is 31.5 Å². The number of aromatic nitrogens is 2. The molecule has 8 nitrogen and oxygen atoms in total. The van der Waals surface area contributed by atoms with Gasteiger partial charge in [-0.3, -0.25) is 10.00 Å². The summed E-state index contributed by atoms with van der Waals surface area (Å²) < 4.78 is 13.1. The number of ether oxygens (including phenoxy) is 2. The van der Waals surface area contributed by atoms with E-state index in [-0.39, 0.29) is 6.03 Å². The number of amides is 2. The first-order chi connectivity index (χ1) is 13.3. The highest BCUT2D eigenvalue weighted by molar-refractivity contribution is 5.88. The molecule has 0 unspecified atom stereocenters. The zero-order chi connectivity index (χ0) is 20.3. The van der Waals surface area contributed by atoms with Crippen LogP contribution in [-0.4, -0.2) is 40.0 Å². The molecule has 2 aromatic rings. The molecule has 0 fully saturated rings. The van der Waals surface area contributed by atoms with E-state index in [4.69, 9.17) is 14.7 Å². The molecule has 0 saturated carbocycles. The van der Waals surface area contributed by atoms with Gasteiger partial charge in [0, 0.05) is 23.4 Å². The molecular weight excluding hydrogens is 358 g/mol. The lowest BCUT2D eigenvalue weighted by Crippen LogP contribution is -2.44. The first-order valence-corrected chi connectivity index (χ1v) is 9.14. The maximum absolute atomic E-state index is 12.9. The average molecular weight is 383 g/mol. The number of carbonyl (C=O) groups excluding carboxylic acids is 1. The molecule has 0 spiro atoms. The SMILES string of the molecule is COc1ccc2c(c1)OC(C)(C)CN(C(=O)Nc1cc(C)n(CCC#N)n1)C2. The van der Waals surface area contributed by atoms with Crippen LogP contribution in [0.15, 0.2) is 24.3 Å². The first-order valence-electron chi connectivity index (χ1n) is 9.14. The summed E-state index contributed by atoms with van der Waals surface area (Å²) in [7, 11) is 1.61. The number of aryl methyl sites for hydroxylation is 2. The number of nitrogens with zero attached hydrogens (tertiary/aromatic N) is 4. The molecule has 1 aromatic heterocycles. The number of urea groups is 1. The zero-order valence-corrected chi connectivity index (χ0v) is 16.7. The van der Waals surface area contributed by atoms with Gasteiger partial charge in [0.15, 0.2) is 5.82 Å². The molecule has 2 heterocycles. The lowest BCUT2D eigenvalue weighted by molar-refractivity contribution is 0.0833. The van der Waals surface area contributed by atoms with E-state index >= 15 is 0 Å². The maximum atomic E-state index is 12.9. The highest BCUT2D eigenvalue weighted by Crippen LogP contribution is 2.32. The van der Waals surface area contributed by atoms with Gasteiger partial charge in [-0.1, -0.05) is 0 Å². The Morgan fingerprint density at radius 1 is 1.43 bits per heavy atom. The van der Waals surface area contributed by atoms with Crippen molar-refractivity contribution in [3.8, 4) is 17.6 Å². The Balaban J connectivity index is 1.78. The summed E-state index contributed by atoms with van der Waals surface area (Å²) in [6.07, 6.45) is 0.369. The van der Waals surface area contributed by atoms with Crippen molar-refractivity contribution in [2.75, 3.05) is 19.0 Å². The van der Waals surface area contributed by atoms with Crippen molar-refractivity contribution in [2.45, 2.75) is 45.9 Å². The number of benzene rings is 1. The fraction of sp³-hybridized carbons (Fsp3) is 0.450. The van der Waals surface area contributed by atoms with E-state index in [0.717, 1.165) is 17.0 Å². The van der Waals surface area contributed by atoms with E-state index in [1.165, 1.54) is 0 Å². The first kappa shape index (κ1) is 19.5. The molecular formula is C20H25N5O3. The van der Waals surface area contributed by atoms with Crippen LogP contribution in [0, 0.1) is 18.3 Å². The third kappa shape index (κ3) is 4.36. The maximum Gasteiger partial charge on any atom is 0.323 e. The normalized spacial score (nSPS) is 15.0. The van der Waals surface area contributed by atoms with Gasteiger partial charge >= 0.3 is 6.03 Å². The minimum absolute atomic E-state index is 0.245. The lowest BCUT2D eigenvalue weighted by atomic mass is 10.1. The van der Waals surface area contributed by atoms with Gasteiger partial charge in [0.05, 0.1) is 39.2 Å². The molecule has 0 aliphatic carbocycles. The van der Waals surface area contributed by atoms with Crippen LogP contribution < -0.4 is 14.8 Å². The van der Waals surface area contributed by atoms with Crippen LogP contribution in [0.2, 0.25) is 0 Å². The predicted molar refractivity (Wildman–Crippen MR) is 104 cm³/mol. The highest BCUT2D eigenvalue weighted by atomic mass is 16.5. The number of hydrogen-bond donors (Lipinski definition) is 1. The summed E-state index contributed by atoms with van der Waals surface area (Å²) in [5.74, 6) is 1.90. The molecule has 1 N–H and O–H groups in total. The van der Waals surface area contributed by atoms with E-state index in [0.29, 0.717) is 37.6 Å². The number of nitriles is 1. The summed E-state index contributed by atoms with van der Waals surface area (Å²) in [4.78, 5) is 14.6. The molecule has 0 atom stereocenters. The van der Waals surface area contributed by atoms with Crippen molar-refractivity contribution in [1.29, 1.82) is 5.26 Å². The summed E-state index contributed by atoms with van der Waals surface area (Å²) in [5.41, 5.74) is 1.25. The fourth-order valence-electron chi connectivity index (χ4n) is 3.22. The van der Waals surface area contributed by atoms with Gasteiger partial charge in [0.1, 0.15) is 17.1 Å². The van der Waals surface area contributed by atoms with Crippen molar-refractivity contribution in [3.05, 3.63) is 35.5 Å². The van der Waals surface area contributed by atoms with Gasteiger partial charge in [-0.2, -0.15) is 10.4 Å². The van der Waals surface area contributed by atoms with Crippen molar-refractivity contribution in [3.63, 3.8) is 0 Å². The van der Waals surface area contributed by atoms with E-state index in [1.54, 1.807) is 22.8 Å². The van der Waals surface area contributed by atoms with Gasteiger partial charge < -0.3 is 14.4 Å². The quantitative estimate of drug-likeness (QED) is 0.874. The Hall–Kier alpha value is -3.21. The zero-order valence-electron chi connectivity index (χ0n) is 16.7. The number of rotatable bonds is 4. The van der Waals surface area contributed by atoms with E-state index in [1.807, 2.05) is 39.0 Å². The van der Waals surface area contributed by atoms with Gasteiger partial charge in [-0.25, -0.2) is 4.79 Å². The fourth-order valence-corrected chi connectivity index (χ4v) is 3.22. The Morgan fingerprint density at radius 3 is 2.93 bits per heavy atom. The average Bonchev–Trinajstić information content (AvgIpc) is 2.91. The van der Waals surface area contributed by atoms with Crippen molar-refractivity contribution >= 4 is 11.8 Å². The highest BCUT2D eigenvalue weighted by Gasteiger charge is 2.32. The number of carbonyl (C=O) groups is 1. The third-order valence-electron chi connectivity index (χ3n) is 4.53. The Bertz CT molecular complexity index is 913. The Kier molecular flexibility index (Phi) is 5.45. The van der Waals surface area contributed by atoms with E-state index in [9.17, 15) is 4.79 Å². The number of nitrogens with one attached hydrogen (secondary N) is 1. The lowest BCUT2D eigenvalue weighted by Gasteiger charge is -2.29. The monoisotopic (exact) mass is 383 g/mol. The smallest absolute Gasteiger partial charge is 0.323 e. The Labute approximate surface area is 164 Å². The van der Waals surface area contributed by atoms with Crippen LogP contribution in [0.25, 0.3) is 0 Å². The second kappa shape index (κ2) is 7.80. The molecule has 3 rings (SSSR count). The number of fused-ring (bicyclic) bond motifs is 1. The molecule has 1 aliphatic heterocycles. The van der Waals surface area contributed by atoms with Gasteiger partial charge in [0.25, 0.3) is 0 Å². The molecule has 1 aromatic carbocycles. The third-order valence-corrected chi connectivity index (χ3v) is 4.53. The molecule has 2 amide bonds. The van der Waals surface area contributed by atoms with Gasteiger partial charge in [-0.05, 0) is 32.9 Å². The van der Waals surface area contributed by atoms with Crippen LogP contribution in [0.4, 0.5) is 10.6 Å². The molecule has 1 aliphatic rings. The summed E-state index contributed by atoms with van der Waals surface area (Å²) >= 11 is 0. The van der Waals surface area contributed by atoms with Crippen molar-refractivity contribution in [2.24, 2.45) is 0 Å². The van der Waals surface area contributed by atoms with Crippen LogP contribution >= 0.6 is 0 Å². The topological polar surface area (TPSA) is 92.4 Å². The van der Waals surface area contributed by atoms with Gasteiger partial charge in [-0.15, -0.1) is 0 Å². The summed E-state index contributed by atoms with van der Waals surface area (Å²) in [5, 5.41) is 16.0. The predicted octanol–water partition coefficient (Wildman–Crippen LogP) is 3.32. The number of methoxy groups -OCH3 is 1. The van der Waals surface area contributed by atoms with Crippen LogP contribution in [-0.2, 0) is 13.1 Å². The van der Waals surface area contributed by atoms with Gasteiger partial charge in [0.2, 0.25) is 0 Å². The molecule has 0 bridgehead atoms. The van der Waals surface area contributed by atoms with Crippen molar-refractivity contribution < 1.29 is 14.3 Å². The molecule has 0 saturated heterocycles. The second-order valence-electron chi connectivity index (χ2n) is 7.42. The number of hydrogen-bond acceptors (Lipinski definition) is 5. The molecule has 8 heteroatoms. The van der Waals surface area contributed by atoms with E-state index < -0.39 is 5.60 Å². The minimum Gasteiger partial charge on any atom is -0.497 e. The Morgan fingerprint density at radius 2 is 2.21 bits per heavy atom.